The van der Waals surface area contributed by atoms with Crippen LogP contribution in [-0.2, 0) is 0 Å². The van der Waals surface area contributed by atoms with Crippen LogP contribution in [0, 0.1) is 11.6 Å². The number of rotatable bonds is 2. The van der Waals surface area contributed by atoms with Crippen LogP contribution in [0.5, 0.6) is 0 Å². The molecule has 0 amide bonds. The molecule has 0 unspecified atom stereocenters. The topological polar surface area (TPSA) is 17.1 Å². The predicted molar refractivity (Wildman–Crippen MR) is 77.2 cm³/mol. The van der Waals surface area contributed by atoms with E-state index in [1.807, 2.05) is 0 Å². The first-order valence-electron chi connectivity index (χ1n) is 4.55. The van der Waals surface area contributed by atoms with Crippen molar-refractivity contribution in [2.24, 2.45) is 0 Å². The number of carbonyl (C=O) groups is 1. The zero-order chi connectivity index (χ0) is 13.4. The second-order valence-corrected chi connectivity index (χ2v) is 7.36. The van der Waals surface area contributed by atoms with Gasteiger partial charge in [-0.2, -0.15) is 0 Å². The molecule has 1 aromatic heterocycles. The van der Waals surface area contributed by atoms with Crippen molar-refractivity contribution in [1.82, 2.24) is 0 Å². The summed E-state index contributed by atoms with van der Waals surface area (Å²) in [6.45, 7) is 0. The van der Waals surface area contributed by atoms with Gasteiger partial charge >= 0.3 is 0 Å². The van der Waals surface area contributed by atoms with Crippen molar-refractivity contribution in [2.45, 2.75) is 0 Å². The van der Waals surface area contributed by atoms with E-state index in [-0.39, 0.29) is 9.35 Å². The molecular formula is C11H3Br3F2OS. The van der Waals surface area contributed by atoms with Gasteiger partial charge in [-0.25, -0.2) is 8.78 Å². The van der Waals surface area contributed by atoms with E-state index in [1.165, 1.54) is 12.1 Å². The normalized spacial score (nSPS) is 10.7. The van der Waals surface area contributed by atoms with Gasteiger partial charge in [0.1, 0.15) is 5.82 Å². The molecule has 0 aliphatic rings. The first-order valence-corrected chi connectivity index (χ1v) is 7.74. The zero-order valence-corrected chi connectivity index (χ0v) is 14.0. The Morgan fingerprint density at radius 2 is 1.78 bits per heavy atom. The van der Waals surface area contributed by atoms with Crippen LogP contribution in [0.1, 0.15) is 15.2 Å². The smallest absolute Gasteiger partial charge is 0.208 e. The number of benzene rings is 1. The zero-order valence-electron chi connectivity index (χ0n) is 8.44. The number of hydrogen-bond donors (Lipinski definition) is 0. The summed E-state index contributed by atoms with van der Waals surface area (Å²) >= 11 is 10.5. The number of halogens is 5. The van der Waals surface area contributed by atoms with E-state index in [0.29, 0.717) is 8.26 Å². The van der Waals surface area contributed by atoms with Crippen molar-refractivity contribution in [1.29, 1.82) is 0 Å². The van der Waals surface area contributed by atoms with Gasteiger partial charge in [0.15, 0.2) is 5.82 Å². The van der Waals surface area contributed by atoms with E-state index in [1.54, 1.807) is 0 Å². The molecule has 0 aliphatic heterocycles. The molecule has 0 saturated carbocycles. The maximum absolute atomic E-state index is 13.8. The Kier molecular flexibility index (Phi) is 4.36. The van der Waals surface area contributed by atoms with Crippen LogP contribution in [0.2, 0.25) is 0 Å². The lowest BCUT2D eigenvalue weighted by molar-refractivity contribution is 0.103. The average Bonchev–Trinajstić information content (AvgIpc) is 2.65. The summed E-state index contributed by atoms with van der Waals surface area (Å²) < 4.78 is 28.8. The molecule has 0 N–H and O–H groups in total. The van der Waals surface area contributed by atoms with E-state index in [0.717, 1.165) is 17.4 Å². The number of carbonyl (C=O) groups excluding carboxylic acids is 1. The first kappa shape index (κ1) is 14.3. The predicted octanol–water partition coefficient (Wildman–Crippen LogP) is 5.54. The van der Waals surface area contributed by atoms with Crippen molar-refractivity contribution in [3.05, 3.63) is 53.0 Å². The summed E-state index contributed by atoms with van der Waals surface area (Å²) in [5.74, 6) is -2.44. The van der Waals surface area contributed by atoms with Gasteiger partial charge in [0.05, 0.1) is 18.7 Å². The summed E-state index contributed by atoms with van der Waals surface area (Å²) in [7, 11) is 0. The van der Waals surface area contributed by atoms with Crippen molar-refractivity contribution in [2.75, 3.05) is 0 Å². The lowest BCUT2D eigenvalue weighted by Gasteiger charge is -2.03. The maximum atomic E-state index is 13.8. The van der Waals surface area contributed by atoms with Gasteiger partial charge in [-0.15, -0.1) is 11.3 Å². The van der Waals surface area contributed by atoms with Crippen LogP contribution in [0.3, 0.4) is 0 Å². The molecule has 1 aromatic carbocycles. The SMILES string of the molecule is O=C(c1cc(Br)c(Br)s1)c1c(F)ccc(Br)c1F. The minimum Gasteiger partial charge on any atom is -0.287 e. The van der Waals surface area contributed by atoms with Gasteiger partial charge < -0.3 is 0 Å². The molecule has 0 saturated heterocycles. The van der Waals surface area contributed by atoms with Crippen LogP contribution < -0.4 is 0 Å². The third-order valence-corrected chi connectivity index (χ3v) is 6.01. The van der Waals surface area contributed by atoms with E-state index in [2.05, 4.69) is 47.8 Å². The van der Waals surface area contributed by atoms with Crippen LogP contribution in [0.15, 0.2) is 30.9 Å². The third-order valence-electron chi connectivity index (χ3n) is 2.14. The summed E-state index contributed by atoms with van der Waals surface area (Å²) in [6.07, 6.45) is 0. The first-order chi connectivity index (χ1) is 8.41. The molecule has 0 spiro atoms. The fraction of sp³-hybridized carbons (Fsp3) is 0. The van der Waals surface area contributed by atoms with Crippen LogP contribution >= 0.6 is 59.1 Å². The van der Waals surface area contributed by atoms with E-state index in [4.69, 9.17) is 0 Å². The second-order valence-electron chi connectivity index (χ2n) is 3.28. The summed E-state index contributed by atoms with van der Waals surface area (Å²) in [5, 5.41) is 0. The molecule has 0 bridgehead atoms. The molecular weight excluding hydrogens is 458 g/mol. The minimum absolute atomic E-state index is 0.0573. The molecule has 1 heterocycles. The molecule has 1 nitrogen and oxygen atoms in total. The highest BCUT2D eigenvalue weighted by molar-refractivity contribution is 9.13. The van der Waals surface area contributed by atoms with Gasteiger partial charge in [-0.3, -0.25) is 4.79 Å². The van der Waals surface area contributed by atoms with Crippen LogP contribution in [0.4, 0.5) is 8.78 Å². The molecule has 0 atom stereocenters. The molecule has 0 radical (unpaired) electrons. The fourth-order valence-electron chi connectivity index (χ4n) is 1.32. The molecule has 2 aromatic rings. The molecule has 2 rings (SSSR count). The van der Waals surface area contributed by atoms with Gasteiger partial charge in [0.25, 0.3) is 0 Å². The second kappa shape index (κ2) is 5.48. The molecule has 7 heteroatoms. The van der Waals surface area contributed by atoms with Crippen molar-refractivity contribution < 1.29 is 13.6 Å². The maximum Gasteiger partial charge on any atom is 0.208 e. The molecule has 0 fully saturated rings. The van der Waals surface area contributed by atoms with Gasteiger partial charge in [0.2, 0.25) is 5.78 Å². The molecule has 0 aliphatic carbocycles. The summed E-state index contributed by atoms with van der Waals surface area (Å²) in [4.78, 5) is 12.3. The van der Waals surface area contributed by atoms with Crippen molar-refractivity contribution in [3.63, 3.8) is 0 Å². The van der Waals surface area contributed by atoms with E-state index >= 15 is 0 Å². The van der Waals surface area contributed by atoms with Crippen LogP contribution in [-0.4, -0.2) is 5.78 Å². The minimum atomic E-state index is -0.888. The van der Waals surface area contributed by atoms with Crippen LogP contribution in [0.25, 0.3) is 0 Å². The Balaban J connectivity index is 2.56. The third kappa shape index (κ3) is 2.59. The van der Waals surface area contributed by atoms with Gasteiger partial charge in [-0.1, -0.05) is 0 Å². The van der Waals surface area contributed by atoms with E-state index < -0.39 is 23.0 Å². The highest BCUT2D eigenvalue weighted by Gasteiger charge is 2.23. The Hall–Kier alpha value is -0.110. The highest BCUT2D eigenvalue weighted by atomic mass is 79.9. The van der Waals surface area contributed by atoms with Gasteiger partial charge in [0, 0.05) is 4.47 Å². The summed E-state index contributed by atoms with van der Waals surface area (Å²) in [5.41, 5.74) is -0.550. The number of hydrogen-bond acceptors (Lipinski definition) is 2. The lowest BCUT2D eigenvalue weighted by atomic mass is 10.1. The Bertz CT molecular complexity index is 620. The highest BCUT2D eigenvalue weighted by Crippen LogP contribution is 2.34. The quantitative estimate of drug-likeness (QED) is 0.424. The Labute approximate surface area is 131 Å². The number of thiophene rings is 1. The van der Waals surface area contributed by atoms with Crippen molar-refractivity contribution in [3.8, 4) is 0 Å². The van der Waals surface area contributed by atoms with Gasteiger partial charge in [-0.05, 0) is 66.0 Å². The average molecular weight is 461 g/mol. The fourth-order valence-corrected chi connectivity index (χ4v) is 3.63. The Morgan fingerprint density at radius 1 is 1.11 bits per heavy atom. The molecule has 18 heavy (non-hydrogen) atoms. The standard InChI is InChI=1S/C11H3Br3F2OS/c12-4-1-2-6(15)8(9(4)16)10(17)7-3-5(13)11(14)18-7/h1-3H. The molecule has 94 valence electrons. The monoisotopic (exact) mass is 458 g/mol. The summed E-state index contributed by atoms with van der Waals surface area (Å²) in [6, 6.07) is 3.80. The van der Waals surface area contributed by atoms with E-state index in [9.17, 15) is 13.6 Å². The largest absolute Gasteiger partial charge is 0.287 e. The Morgan fingerprint density at radius 3 is 2.33 bits per heavy atom. The lowest BCUT2D eigenvalue weighted by Crippen LogP contribution is -2.06. The van der Waals surface area contributed by atoms with Crippen molar-refractivity contribution >= 4 is 64.9 Å². The number of ketones is 1.